The predicted molar refractivity (Wildman–Crippen MR) is 115 cm³/mol. The fourth-order valence-electron chi connectivity index (χ4n) is 3.24. The second kappa shape index (κ2) is 8.70. The van der Waals surface area contributed by atoms with E-state index in [1.54, 1.807) is 0 Å². The van der Waals surface area contributed by atoms with Gasteiger partial charge in [-0.2, -0.15) is 0 Å². The highest BCUT2D eigenvalue weighted by atomic mass is 32.1. The molecule has 0 saturated carbocycles. The van der Waals surface area contributed by atoms with Crippen molar-refractivity contribution >= 4 is 45.5 Å². The smallest absolute Gasteiger partial charge is 0.264 e. The van der Waals surface area contributed by atoms with Crippen molar-refractivity contribution in [1.82, 2.24) is 5.32 Å². The van der Waals surface area contributed by atoms with Crippen LogP contribution >= 0.6 is 23.6 Å². The Morgan fingerprint density at radius 1 is 1.25 bits per heavy atom. The Morgan fingerprint density at radius 2 is 2.00 bits per heavy atom. The number of thiophene rings is 1. The SMILES string of the molecule is Cc1cccc(OCC(=O)NC(=S)Nc2sc3c(c2C(N)=O)CCCC3)c1C. The zero-order valence-corrected chi connectivity index (χ0v) is 17.5. The van der Waals surface area contributed by atoms with E-state index in [9.17, 15) is 9.59 Å². The standard InChI is InChI=1S/C20H23N3O3S2/c1-11-6-5-8-14(12(11)2)26-10-16(24)22-20(27)23-19-17(18(21)25)13-7-3-4-9-15(13)28-19/h5-6,8H,3-4,7,9-10H2,1-2H3,(H2,21,25)(H2,22,23,24,27). The molecule has 1 heterocycles. The number of fused-ring (bicyclic) bond motifs is 1. The molecule has 1 aliphatic rings. The molecule has 1 aromatic heterocycles. The lowest BCUT2D eigenvalue weighted by atomic mass is 9.95. The first-order chi connectivity index (χ1) is 13.4. The van der Waals surface area contributed by atoms with Gasteiger partial charge in [0.05, 0.1) is 5.56 Å². The third-order valence-corrected chi connectivity index (χ3v) is 6.22. The van der Waals surface area contributed by atoms with E-state index in [4.69, 9.17) is 22.7 Å². The molecule has 4 N–H and O–H groups in total. The first-order valence-corrected chi connectivity index (χ1v) is 10.3. The zero-order valence-electron chi connectivity index (χ0n) is 15.9. The number of nitrogens with one attached hydrogen (secondary N) is 2. The number of hydrogen-bond acceptors (Lipinski definition) is 5. The lowest BCUT2D eigenvalue weighted by Crippen LogP contribution is -2.37. The molecule has 148 valence electrons. The van der Waals surface area contributed by atoms with Gasteiger partial charge in [-0.1, -0.05) is 12.1 Å². The highest BCUT2D eigenvalue weighted by molar-refractivity contribution is 7.80. The zero-order chi connectivity index (χ0) is 20.3. The van der Waals surface area contributed by atoms with Gasteiger partial charge in [0.1, 0.15) is 10.8 Å². The van der Waals surface area contributed by atoms with Gasteiger partial charge >= 0.3 is 0 Å². The molecular weight excluding hydrogens is 394 g/mol. The molecule has 0 radical (unpaired) electrons. The second-order valence-electron chi connectivity index (χ2n) is 6.77. The van der Waals surface area contributed by atoms with E-state index in [1.165, 1.54) is 11.3 Å². The summed E-state index contributed by atoms with van der Waals surface area (Å²) in [6.07, 6.45) is 3.92. The number of carbonyl (C=O) groups excluding carboxylic acids is 2. The minimum absolute atomic E-state index is 0.121. The lowest BCUT2D eigenvalue weighted by Gasteiger charge is -2.12. The second-order valence-corrected chi connectivity index (χ2v) is 8.28. The molecule has 8 heteroatoms. The number of anilines is 1. The molecule has 6 nitrogen and oxygen atoms in total. The molecule has 0 fully saturated rings. The molecule has 0 bridgehead atoms. The molecule has 2 aromatic rings. The van der Waals surface area contributed by atoms with Gasteiger partial charge in [-0.3, -0.25) is 14.9 Å². The third-order valence-electron chi connectivity index (χ3n) is 4.81. The summed E-state index contributed by atoms with van der Waals surface area (Å²) >= 11 is 6.71. The summed E-state index contributed by atoms with van der Waals surface area (Å²) in [7, 11) is 0. The Labute approximate surface area is 173 Å². The van der Waals surface area contributed by atoms with Crippen LogP contribution in [0.25, 0.3) is 0 Å². The number of rotatable bonds is 5. The Morgan fingerprint density at radius 3 is 2.75 bits per heavy atom. The minimum Gasteiger partial charge on any atom is -0.483 e. The maximum Gasteiger partial charge on any atom is 0.264 e. The summed E-state index contributed by atoms with van der Waals surface area (Å²) in [4.78, 5) is 25.3. The maximum atomic E-state index is 12.2. The van der Waals surface area contributed by atoms with Crippen molar-refractivity contribution < 1.29 is 14.3 Å². The predicted octanol–water partition coefficient (Wildman–Crippen LogP) is 3.23. The monoisotopic (exact) mass is 417 g/mol. The Bertz CT molecular complexity index is 937. The van der Waals surface area contributed by atoms with E-state index < -0.39 is 5.91 Å². The van der Waals surface area contributed by atoms with E-state index in [-0.39, 0.29) is 17.6 Å². The summed E-state index contributed by atoms with van der Waals surface area (Å²) in [6.45, 7) is 3.77. The van der Waals surface area contributed by atoms with Crippen LogP contribution in [0.2, 0.25) is 0 Å². The molecule has 3 rings (SSSR count). The number of benzene rings is 1. The molecule has 0 atom stereocenters. The van der Waals surface area contributed by atoms with Crippen LogP contribution in [-0.4, -0.2) is 23.5 Å². The number of thiocarbonyl (C=S) groups is 1. The van der Waals surface area contributed by atoms with Crippen molar-refractivity contribution in [1.29, 1.82) is 0 Å². The minimum atomic E-state index is -0.478. The highest BCUT2D eigenvalue weighted by Gasteiger charge is 2.24. The average Bonchev–Trinajstić information content (AvgIpc) is 3.00. The molecule has 28 heavy (non-hydrogen) atoms. The van der Waals surface area contributed by atoms with E-state index in [2.05, 4.69) is 10.6 Å². The topological polar surface area (TPSA) is 93.4 Å². The first kappa shape index (κ1) is 20.3. The Kier molecular flexibility index (Phi) is 6.31. The lowest BCUT2D eigenvalue weighted by molar-refractivity contribution is -0.121. The number of hydrogen-bond donors (Lipinski definition) is 3. The van der Waals surface area contributed by atoms with Gasteiger partial charge in [0.15, 0.2) is 11.7 Å². The Balaban J connectivity index is 1.61. The quantitative estimate of drug-likeness (QED) is 0.650. The van der Waals surface area contributed by atoms with Crippen LogP contribution in [-0.2, 0) is 17.6 Å². The third kappa shape index (κ3) is 4.51. The van der Waals surface area contributed by atoms with Gasteiger partial charge in [-0.05, 0) is 74.5 Å². The Hall–Kier alpha value is -2.45. The van der Waals surface area contributed by atoms with E-state index in [0.717, 1.165) is 47.3 Å². The number of nitrogens with two attached hydrogens (primary N) is 1. The van der Waals surface area contributed by atoms with E-state index in [1.807, 2.05) is 32.0 Å². The van der Waals surface area contributed by atoms with Crippen molar-refractivity contribution in [3.8, 4) is 5.75 Å². The highest BCUT2D eigenvalue weighted by Crippen LogP contribution is 2.37. The summed E-state index contributed by atoms with van der Waals surface area (Å²) in [6, 6.07) is 5.69. The van der Waals surface area contributed by atoms with Crippen molar-refractivity contribution in [3.63, 3.8) is 0 Å². The summed E-state index contributed by atoms with van der Waals surface area (Å²) in [5, 5.41) is 6.27. The van der Waals surface area contributed by atoms with Gasteiger partial charge in [0.25, 0.3) is 11.8 Å². The molecule has 1 aliphatic carbocycles. The van der Waals surface area contributed by atoms with Crippen LogP contribution in [0.1, 0.15) is 44.8 Å². The number of primary amides is 1. The molecular formula is C20H23N3O3S2. The molecule has 2 amide bonds. The van der Waals surface area contributed by atoms with Gasteiger partial charge in [0.2, 0.25) is 0 Å². The van der Waals surface area contributed by atoms with Gasteiger partial charge < -0.3 is 15.8 Å². The van der Waals surface area contributed by atoms with Crippen LogP contribution in [0, 0.1) is 13.8 Å². The maximum absolute atomic E-state index is 12.2. The van der Waals surface area contributed by atoms with E-state index in [0.29, 0.717) is 16.3 Å². The normalized spacial score (nSPS) is 12.8. The van der Waals surface area contributed by atoms with E-state index >= 15 is 0 Å². The van der Waals surface area contributed by atoms with Crippen molar-refractivity contribution in [2.24, 2.45) is 5.73 Å². The fourth-order valence-corrected chi connectivity index (χ4v) is 4.82. The number of carbonyl (C=O) groups is 2. The summed E-state index contributed by atoms with van der Waals surface area (Å²) in [5.74, 6) is -0.189. The van der Waals surface area contributed by atoms with Crippen molar-refractivity contribution in [2.45, 2.75) is 39.5 Å². The molecule has 1 aromatic carbocycles. The summed E-state index contributed by atoms with van der Waals surface area (Å²) in [5.41, 5.74) is 9.16. The van der Waals surface area contributed by atoms with Crippen LogP contribution in [0.4, 0.5) is 5.00 Å². The van der Waals surface area contributed by atoms with Crippen molar-refractivity contribution in [3.05, 3.63) is 45.3 Å². The molecule has 0 spiro atoms. The number of amides is 2. The van der Waals surface area contributed by atoms with Gasteiger partial charge in [-0.15, -0.1) is 11.3 Å². The van der Waals surface area contributed by atoms with Crippen LogP contribution in [0.5, 0.6) is 5.75 Å². The average molecular weight is 418 g/mol. The first-order valence-electron chi connectivity index (χ1n) is 9.11. The van der Waals surface area contributed by atoms with Crippen molar-refractivity contribution in [2.75, 3.05) is 11.9 Å². The van der Waals surface area contributed by atoms with Crippen LogP contribution in [0.15, 0.2) is 18.2 Å². The number of aryl methyl sites for hydroxylation is 2. The van der Waals surface area contributed by atoms with Gasteiger partial charge in [0, 0.05) is 4.88 Å². The molecule has 0 aliphatic heterocycles. The van der Waals surface area contributed by atoms with Crippen LogP contribution in [0.3, 0.4) is 0 Å². The number of ether oxygens (including phenoxy) is 1. The largest absolute Gasteiger partial charge is 0.483 e. The fraction of sp³-hybridized carbons (Fsp3) is 0.350. The molecule has 0 unspecified atom stereocenters. The summed E-state index contributed by atoms with van der Waals surface area (Å²) < 4.78 is 5.59. The van der Waals surface area contributed by atoms with Gasteiger partial charge in [-0.25, -0.2) is 0 Å². The molecule has 0 saturated heterocycles. The van der Waals surface area contributed by atoms with Crippen LogP contribution < -0.4 is 21.1 Å².